The Morgan fingerprint density at radius 1 is 1.06 bits per heavy atom. The third-order valence-electron chi connectivity index (χ3n) is 8.96. The lowest BCUT2D eigenvalue weighted by molar-refractivity contribution is -0.125. The first-order valence-electron chi connectivity index (χ1n) is 16.4. The zero-order valence-corrected chi connectivity index (χ0v) is 28.3. The van der Waals surface area contributed by atoms with E-state index < -0.39 is 5.82 Å². The smallest absolute Gasteiger partial charge is 0.251 e. The van der Waals surface area contributed by atoms with Gasteiger partial charge in [0, 0.05) is 43.0 Å². The van der Waals surface area contributed by atoms with E-state index in [1.807, 2.05) is 53.2 Å². The number of nitrogens with zero attached hydrogens (tertiary/aromatic N) is 4. The number of hydrogen-bond acceptors (Lipinski definition) is 6. The average molecular weight is 661 g/mol. The number of anilines is 1. The number of aromatic nitrogens is 3. The van der Waals surface area contributed by atoms with Crippen molar-refractivity contribution in [2.24, 2.45) is 0 Å². The van der Waals surface area contributed by atoms with Crippen molar-refractivity contribution < 1.29 is 18.7 Å². The van der Waals surface area contributed by atoms with E-state index in [4.69, 9.17) is 14.8 Å². The third-order valence-corrected chi connectivity index (χ3v) is 8.96. The molecule has 49 heavy (non-hydrogen) atoms. The molecule has 1 aliphatic rings. The minimum Gasteiger partial charge on any atom is -0.497 e. The highest BCUT2D eigenvalue weighted by molar-refractivity contribution is 6.01. The van der Waals surface area contributed by atoms with Crippen LogP contribution in [0.1, 0.15) is 54.2 Å². The van der Waals surface area contributed by atoms with Gasteiger partial charge in [-0.1, -0.05) is 63.7 Å². The number of pyridine rings is 1. The molecule has 5 aromatic rings. The lowest BCUT2D eigenvalue weighted by atomic mass is 9.87. The minimum atomic E-state index is -0.430. The molecule has 1 saturated heterocycles. The van der Waals surface area contributed by atoms with Crippen LogP contribution in [0.5, 0.6) is 5.75 Å². The Kier molecular flexibility index (Phi) is 9.49. The fourth-order valence-corrected chi connectivity index (χ4v) is 6.11. The zero-order valence-electron chi connectivity index (χ0n) is 28.3. The molecule has 0 radical (unpaired) electrons. The van der Waals surface area contributed by atoms with Crippen LogP contribution in [0.4, 0.5) is 10.2 Å². The Morgan fingerprint density at radius 3 is 2.49 bits per heavy atom. The van der Waals surface area contributed by atoms with Gasteiger partial charge in [-0.05, 0) is 76.6 Å². The van der Waals surface area contributed by atoms with Gasteiger partial charge in [0.15, 0.2) is 11.5 Å². The number of ether oxygens (including phenoxy) is 1. The van der Waals surface area contributed by atoms with Crippen molar-refractivity contribution in [3.8, 4) is 16.9 Å². The second-order valence-electron chi connectivity index (χ2n) is 13.3. The summed E-state index contributed by atoms with van der Waals surface area (Å²) in [6.45, 7) is 11.6. The third kappa shape index (κ3) is 7.33. The number of halogens is 1. The van der Waals surface area contributed by atoms with E-state index in [1.165, 1.54) is 12.1 Å². The monoisotopic (exact) mass is 660 g/mol. The van der Waals surface area contributed by atoms with Crippen LogP contribution in [0.2, 0.25) is 0 Å². The fraction of sp³-hybridized carbons (Fsp3) is 0.282. The van der Waals surface area contributed by atoms with Crippen molar-refractivity contribution in [3.63, 3.8) is 0 Å². The van der Waals surface area contributed by atoms with Crippen molar-refractivity contribution in [3.05, 3.63) is 120 Å². The van der Waals surface area contributed by atoms with Crippen molar-refractivity contribution in [2.75, 3.05) is 25.5 Å². The number of rotatable bonds is 10. The highest BCUT2D eigenvalue weighted by Gasteiger charge is 2.27. The maximum atomic E-state index is 15.6. The molecule has 0 bridgehead atoms. The number of benzene rings is 3. The standard InChI is InChI=1S/C39H41FN6O3/c1-6-34(47)45-20-18-30(24-45)43-36-35-32(17-19-41-37(35)46(44-36)23-25-7-15-31(49-5)16-8-25)27-9-10-28(33(40)21-27)22-42-38(48)26-11-13-29(14-12-26)39(2,3)4/h6-17,19,21,30H,1,18,20,22-24H2,2-5H3,(H,42,48)(H,43,44)/t30-/m1/s1. The first kappa shape index (κ1) is 33.4. The van der Waals surface area contributed by atoms with Gasteiger partial charge in [-0.2, -0.15) is 5.10 Å². The summed E-state index contributed by atoms with van der Waals surface area (Å²) in [6, 6.07) is 22.1. The van der Waals surface area contributed by atoms with Crippen LogP contribution in [-0.4, -0.2) is 57.7 Å². The van der Waals surface area contributed by atoms with Gasteiger partial charge in [-0.3, -0.25) is 9.59 Å². The molecule has 6 rings (SSSR count). The maximum Gasteiger partial charge on any atom is 0.251 e. The highest BCUT2D eigenvalue weighted by Crippen LogP contribution is 2.35. The molecule has 1 aliphatic heterocycles. The van der Waals surface area contributed by atoms with Gasteiger partial charge in [0.05, 0.1) is 19.0 Å². The number of fused-ring (bicyclic) bond motifs is 1. The Labute approximate surface area is 285 Å². The van der Waals surface area contributed by atoms with Gasteiger partial charge < -0.3 is 20.3 Å². The molecule has 0 aliphatic carbocycles. The van der Waals surface area contributed by atoms with Crippen molar-refractivity contribution in [2.45, 2.75) is 51.7 Å². The Balaban J connectivity index is 1.28. The van der Waals surface area contributed by atoms with Crippen LogP contribution < -0.4 is 15.4 Å². The van der Waals surface area contributed by atoms with Gasteiger partial charge >= 0.3 is 0 Å². The van der Waals surface area contributed by atoms with Crippen molar-refractivity contribution in [1.29, 1.82) is 0 Å². The van der Waals surface area contributed by atoms with E-state index in [0.717, 1.165) is 34.2 Å². The SMILES string of the molecule is C=CC(=O)N1CC[C@@H](Nc2nn(Cc3ccc(OC)cc3)c3nccc(-c4ccc(CNC(=O)c5ccc(C(C)(C)C)cc5)c(F)c4)c23)C1. The second kappa shape index (κ2) is 13.9. The highest BCUT2D eigenvalue weighted by atomic mass is 19.1. The maximum absolute atomic E-state index is 15.6. The quantitative estimate of drug-likeness (QED) is 0.161. The van der Waals surface area contributed by atoms with Crippen molar-refractivity contribution in [1.82, 2.24) is 25.0 Å². The molecule has 1 atom stereocenters. The number of amides is 2. The van der Waals surface area contributed by atoms with Crippen LogP contribution in [0, 0.1) is 5.82 Å². The summed E-state index contributed by atoms with van der Waals surface area (Å²) in [5.74, 6) is 0.572. The summed E-state index contributed by atoms with van der Waals surface area (Å²) >= 11 is 0. The number of carbonyl (C=O) groups excluding carboxylic acids is 2. The predicted molar refractivity (Wildman–Crippen MR) is 190 cm³/mol. The predicted octanol–water partition coefficient (Wildman–Crippen LogP) is 6.72. The molecule has 10 heteroatoms. The number of nitrogens with one attached hydrogen (secondary N) is 2. The summed E-state index contributed by atoms with van der Waals surface area (Å²) < 4.78 is 22.8. The molecular formula is C39H41FN6O3. The molecule has 3 heterocycles. The summed E-state index contributed by atoms with van der Waals surface area (Å²) in [5.41, 5.74) is 5.08. The van der Waals surface area contributed by atoms with E-state index in [2.05, 4.69) is 38.0 Å². The normalized spacial score (nSPS) is 14.6. The zero-order chi connectivity index (χ0) is 34.7. The Morgan fingerprint density at radius 2 is 1.82 bits per heavy atom. The van der Waals surface area contributed by atoms with E-state index in [9.17, 15) is 9.59 Å². The summed E-state index contributed by atoms with van der Waals surface area (Å²) in [7, 11) is 1.63. The summed E-state index contributed by atoms with van der Waals surface area (Å²) in [6.07, 6.45) is 3.78. The Hall–Kier alpha value is -5.51. The topological polar surface area (TPSA) is 101 Å². The number of carbonyl (C=O) groups is 2. The summed E-state index contributed by atoms with van der Waals surface area (Å²) in [4.78, 5) is 31.6. The molecular weight excluding hydrogens is 619 g/mol. The lowest BCUT2D eigenvalue weighted by Gasteiger charge is -2.19. The molecule has 2 amide bonds. The first-order chi connectivity index (χ1) is 23.5. The Bertz CT molecular complexity index is 2000. The van der Waals surface area contributed by atoms with Gasteiger partial charge in [-0.15, -0.1) is 0 Å². The van der Waals surface area contributed by atoms with Gasteiger partial charge in [0.1, 0.15) is 11.6 Å². The van der Waals surface area contributed by atoms with Crippen LogP contribution >= 0.6 is 0 Å². The van der Waals surface area contributed by atoms with E-state index in [-0.39, 0.29) is 29.8 Å². The number of methoxy groups -OCH3 is 1. The first-order valence-corrected chi connectivity index (χ1v) is 16.4. The van der Waals surface area contributed by atoms with E-state index >= 15 is 4.39 Å². The van der Waals surface area contributed by atoms with E-state index in [0.29, 0.717) is 47.8 Å². The largest absolute Gasteiger partial charge is 0.497 e. The second-order valence-corrected chi connectivity index (χ2v) is 13.3. The van der Waals surface area contributed by atoms with E-state index in [1.54, 1.807) is 36.4 Å². The van der Waals surface area contributed by atoms with Gasteiger partial charge in [-0.25, -0.2) is 14.1 Å². The van der Waals surface area contributed by atoms with Crippen LogP contribution in [0.3, 0.4) is 0 Å². The van der Waals surface area contributed by atoms with Crippen molar-refractivity contribution >= 4 is 28.7 Å². The molecule has 0 spiro atoms. The molecule has 3 aromatic carbocycles. The summed E-state index contributed by atoms with van der Waals surface area (Å²) in [5, 5.41) is 12.1. The molecule has 2 aromatic heterocycles. The number of hydrogen-bond donors (Lipinski definition) is 2. The molecule has 2 N–H and O–H groups in total. The molecule has 252 valence electrons. The van der Waals surface area contributed by atoms with Crippen LogP contribution in [-0.2, 0) is 23.3 Å². The molecule has 9 nitrogen and oxygen atoms in total. The fourth-order valence-electron chi connectivity index (χ4n) is 6.11. The van der Waals surface area contributed by atoms with Crippen LogP contribution in [0.25, 0.3) is 22.2 Å². The molecule has 1 fully saturated rings. The minimum absolute atomic E-state index is 0.0180. The average Bonchev–Trinajstić information content (AvgIpc) is 3.72. The lowest BCUT2D eigenvalue weighted by Crippen LogP contribution is -2.30. The van der Waals surface area contributed by atoms with Gasteiger partial charge in [0.25, 0.3) is 5.91 Å². The van der Waals surface area contributed by atoms with Crippen LogP contribution in [0.15, 0.2) is 91.6 Å². The molecule has 0 saturated carbocycles. The number of likely N-dealkylation sites (tertiary alicyclic amines) is 1. The van der Waals surface area contributed by atoms with Gasteiger partial charge in [0.2, 0.25) is 5.91 Å². The molecule has 0 unspecified atom stereocenters.